The quantitative estimate of drug-likeness (QED) is 0.744. The van der Waals surface area contributed by atoms with Crippen molar-refractivity contribution in [1.29, 1.82) is 0 Å². The third-order valence-electron chi connectivity index (χ3n) is 3.48. The highest BCUT2D eigenvalue weighted by atomic mass is 16.1. The number of fused-ring (bicyclic) bond motifs is 1. The number of carbonyl (C=O) groups excluding carboxylic acids is 1. The molecule has 0 aliphatic carbocycles. The van der Waals surface area contributed by atoms with E-state index in [1.54, 1.807) is 6.20 Å². The van der Waals surface area contributed by atoms with Crippen molar-refractivity contribution in [3.63, 3.8) is 0 Å². The van der Waals surface area contributed by atoms with Crippen molar-refractivity contribution in [2.75, 3.05) is 19.6 Å². The SMILES string of the molecule is CCN(CC)CCC(=O)c1cccc2cccnc12. The molecular formula is C16H20N2O. The summed E-state index contributed by atoms with van der Waals surface area (Å²) in [6.07, 6.45) is 2.29. The van der Waals surface area contributed by atoms with Crippen molar-refractivity contribution in [3.8, 4) is 0 Å². The van der Waals surface area contributed by atoms with Gasteiger partial charge in [0.15, 0.2) is 5.78 Å². The van der Waals surface area contributed by atoms with E-state index in [4.69, 9.17) is 0 Å². The van der Waals surface area contributed by atoms with Gasteiger partial charge in [-0.2, -0.15) is 0 Å². The molecule has 2 aromatic rings. The Morgan fingerprint density at radius 2 is 1.89 bits per heavy atom. The summed E-state index contributed by atoms with van der Waals surface area (Å²) in [5, 5.41) is 1.02. The molecule has 0 radical (unpaired) electrons. The van der Waals surface area contributed by atoms with Gasteiger partial charge in [0.2, 0.25) is 0 Å². The molecule has 0 fully saturated rings. The van der Waals surface area contributed by atoms with Crippen LogP contribution in [0.5, 0.6) is 0 Å². The van der Waals surface area contributed by atoms with Crippen molar-refractivity contribution in [2.45, 2.75) is 20.3 Å². The van der Waals surface area contributed by atoms with Crippen LogP contribution in [0.4, 0.5) is 0 Å². The van der Waals surface area contributed by atoms with Crippen LogP contribution < -0.4 is 0 Å². The van der Waals surface area contributed by atoms with Crippen LogP contribution in [0.15, 0.2) is 36.5 Å². The van der Waals surface area contributed by atoms with Gasteiger partial charge in [-0.25, -0.2) is 0 Å². The number of nitrogens with zero attached hydrogens (tertiary/aromatic N) is 2. The molecule has 0 aliphatic rings. The Hall–Kier alpha value is -1.74. The second-order valence-electron chi connectivity index (χ2n) is 4.58. The zero-order valence-electron chi connectivity index (χ0n) is 11.6. The van der Waals surface area contributed by atoms with Gasteiger partial charge in [0.25, 0.3) is 0 Å². The zero-order chi connectivity index (χ0) is 13.7. The Balaban J connectivity index is 2.17. The van der Waals surface area contributed by atoms with Crippen LogP contribution in [0.25, 0.3) is 10.9 Å². The number of carbonyl (C=O) groups is 1. The monoisotopic (exact) mass is 256 g/mol. The summed E-state index contributed by atoms with van der Waals surface area (Å²) in [4.78, 5) is 18.9. The van der Waals surface area contributed by atoms with Crippen LogP contribution in [0.3, 0.4) is 0 Å². The van der Waals surface area contributed by atoms with Crippen molar-refractivity contribution in [1.82, 2.24) is 9.88 Å². The van der Waals surface area contributed by atoms with Crippen LogP contribution >= 0.6 is 0 Å². The molecule has 0 saturated heterocycles. The fraction of sp³-hybridized carbons (Fsp3) is 0.375. The average Bonchev–Trinajstić information content (AvgIpc) is 2.47. The average molecular weight is 256 g/mol. The predicted molar refractivity (Wildman–Crippen MR) is 78.5 cm³/mol. The van der Waals surface area contributed by atoms with Gasteiger partial charge in [0.1, 0.15) is 0 Å². The van der Waals surface area contributed by atoms with Crippen molar-refractivity contribution < 1.29 is 4.79 Å². The second kappa shape index (κ2) is 6.43. The Morgan fingerprint density at radius 3 is 2.63 bits per heavy atom. The molecule has 1 heterocycles. The topological polar surface area (TPSA) is 33.2 Å². The Bertz CT molecular complexity index is 556. The second-order valence-corrected chi connectivity index (χ2v) is 4.58. The van der Waals surface area contributed by atoms with E-state index in [0.717, 1.165) is 36.1 Å². The lowest BCUT2D eigenvalue weighted by Gasteiger charge is -2.17. The maximum absolute atomic E-state index is 12.3. The van der Waals surface area contributed by atoms with Gasteiger partial charge in [-0.3, -0.25) is 9.78 Å². The minimum atomic E-state index is 0.177. The molecule has 100 valence electrons. The molecule has 0 unspecified atom stereocenters. The first-order chi connectivity index (χ1) is 9.26. The number of benzene rings is 1. The minimum Gasteiger partial charge on any atom is -0.303 e. The van der Waals surface area contributed by atoms with Gasteiger partial charge in [-0.15, -0.1) is 0 Å². The molecule has 0 saturated carbocycles. The zero-order valence-corrected chi connectivity index (χ0v) is 11.6. The molecular weight excluding hydrogens is 236 g/mol. The fourth-order valence-electron chi connectivity index (χ4n) is 2.26. The molecule has 3 heteroatoms. The molecule has 0 amide bonds. The maximum Gasteiger partial charge on any atom is 0.166 e. The van der Waals surface area contributed by atoms with E-state index in [1.165, 1.54) is 0 Å². The smallest absolute Gasteiger partial charge is 0.166 e. The number of hydrogen-bond donors (Lipinski definition) is 0. The van der Waals surface area contributed by atoms with Gasteiger partial charge in [0, 0.05) is 30.1 Å². The Morgan fingerprint density at radius 1 is 1.16 bits per heavy atom. The molecule has 1 aromatic carbocycles. The van der Waals surface area contributed by atoms with Crippen LogP contribution in [0.1, 0.15) is 30.6 Å². The first-order valence-corrected chi connectivity index (χ1v) is 6.85. The Labute approximate surface area is 114 Å². The molecule has 0 atom stereocenters. The highest BCUT2D eigenvalue weighted by Crippen LogP contribution is 2.17. The lowest BCUT2D eigenvalue weighted by atomic mass is 10.0. The van der Waals surface area contributed by atoms with Crippen molar-refractivity contribution in [3.05, 3.63) is 42.1 Å². The number of aromatic nitrogens is 1. The normalized spacial score (nSPS) is 11.1. The summed E-state index contributed by atoms with van der Waals surface area (Å²) in [6.45, 7) is 7.02. The summed E-state index contributed by atoms with van der Waals surface area (Å²) < 4.78 is 0. The van der Waals surface area contributed by atoms with Crippen molar-refractivity contribution in [2.24, 2.45) is 0 Å². The maximum atomic E-state index is 12.3. The summed E-state index contributed by atoms with van der Waals surface area (Å²) >= 11 is 0. The summed E-state index contributed by atoms with van der Waals surface area (Å²) in [5.74, 6) is 0.177. The highest BCUT2D eigenvalue weighted by molar-refractivity contribution is 6.06. The first kappa shape index (κ1) is 13.7. The molecule has 0 spiro atoms. The molecule has 1 aromatic heterocycles. The number of hydrogen-bond acceptors (Lipinski definition) is 3. The van der Waals surface area contributed by atoms with Crippen LogP contribution in [-0.2, 0) is 0 Å². The lowest BCUT2D eigenvalue weighted by molar-refractivity contribution is 0.0968. The number of para-hydroxylation sites is 1. The van der Waals surface area contributed by atoms with Crippen LogP contribution in [-0.4, -0.2) is 35.3 Å². The van der Waals surface area contributed by atoms with Gasteiger partial charge >= 0.3 is 0 Å². The van der Waals surface area contributed by atoms with E-state index in [0.29, 0.717) is 6.42 Å². The highest BCUT2D eigenvalue weighted by Gasteiger charge is 2.11. The van der Waals surface area contributed by atoms with Gasteiger partial charge < -0.3 is 4.90 Å². The van der Waals surface area contributed by atoms with E-state index in [9.17, 15) is 4.79 Å². The predicted octanol–water partition coefficient (Wildman–Crippen LogP) is 3.15. The van der Waals surface area contributed by atoms with Crippen molar-refractivity contribution >= 4 is 16.7 Å². The number of pyridine rings is 1. The van der Waals surface area contributed by atoms with Gasteiger partial charge in [-0.1, -0.05) is 32.0 Å². The minimum absolute atomic E-state index is 0.177. The number of Topliss-reactive ketones (excluding diaryl/α,β-unsaturated/α-hetero) is 1. The molecule has 2 rings (SSSR count). The van der Waals surface area contributed by atoms with E-state index in [2.05, 4.69) is 23.7 Å². The third-order valence-corrected chi connectivity index (χ3v) is 3.48. The van der Waals surface area contributed by atoms with E-state index in [-0.39, 0.29) is 5.78 Å². The third kappa shape index (κ3) is 3.18. The molecule has 19 heavy (non-hydrogen) atoms. The van der Waals surface area contributed by atoms with E-state index in [1.807, 2.05) is 30.3 Å². The van der Waals surface area contributed by atoms with E-state index >= 15 is 0 Å². The largest absolute Gasteiger partial charge is 0.303 e. The summed E-state index contributed by atoms with van der Waals surface area (Å²) in [7, 11) is 0. The van der Waals surface area contributed by atoms with Crippen LogP contribution in [0.2, 0.25) is 0 Å². The van der Waals surface area contributed by atoms with Gasteiger partial charge in [-0.05, 0) is 25.2 Å². The lowest BCUT2D eigenvalue weighted by Crippen LogP contribution is -2.25. The number of rotatable bonds is 6. The first-order valence-electron chi connectivity index (χ1n) is 6.85. The van der Waals surface area contributed by atoms with Gasteiger partial charge in [0.05, 0.1) is 5.52 Å². The van der Waals surface area contributed by atoms with E-state index < -0.39 is 0 Å². The number of ketones is 1. The molecule has 0 N–H and O–H groups in total. The Kier molecular flexibility index (Phi) is 4.63. The van der Waals surface area contributed by atoms with Crippen LogP contribution in [0, 0.1) is 0 Å². The molecule has 0 aliphatic heterocycles. The molecule has 3 nitrogen and oxygen atoms in total. The summed E-state index contributed by atoms with van der Waals surface area (Å²) in [6, 6.07) is 9.67. The standard InChI is InChI=1S/C16H20N2O/c1-3-18(4-2)12-10-15(19)14-9-5-7-13-8-6-11-17-16(13)14/h5-9,11H,3-4,10,12H2,1-2H3. The fourth-order valence-corrected chi connectivity index (χ4v) is 2.26. The summed E-state index contributed by atoms with van der Waals surface area (Å²) in [5.41, 5.74) is 1.56. The molecule has 0 bridgehead atoms.